The van der Waals surface area contributed by atoms with Gasteiger partial charge in [0.2, 0.25) is 0 Å². The van der Waals surface area contributed by atoms with E-state index in [0.29, 0.717) is 5.41 Å². The second kappa shape index (κ2) is 6.88. The molecule has 0 N–H and O–H groups in total. The second-order valence-corrected chi connectivity index (χ2v) is 7.70. The van der Waals surface area contributed by atoms with E-state index < -0.39 is 0 Å². The second-order valence-electron chi connectivity index (χ2n) is 7.70. The van der Waals surface area contributed by atoms with E-state index in [9.17, 15) is 0 Å². The lowest BCUT2D eigenvalue weighted by molar-refractivity contribution is 0.0301. The van der Waals surface area contributed by atoms with Crippen molar-refractivity contribution in [2.45, 2.75) is 44.7 Å². The van der Waals surface area contributed by atoms with Gasteiger partial charge in [-0.2, -0.15) is 0 Å². The summed E-state index contributed by atoms with van der Waals surface area (Å²) in [6, 6.07) is 7.04. The molecule has 0 bridgehead atoms. The Balaban J connectivity index is 1.37. The van der Waals surface area contributed by atoms with Crippen LogP contribution in [0.3, 0.4) is 0 Å². The summed E-state index contributed by atoms with van der Waals surface area (Å²) in [5.74, 6) is 0. The van der Waals surface area contributed by atoms with Gasteiger partial charge in [0.25, 0.3) is 0 Å². The molecule has 1 aromatic heterocycles. The number of hydrogen-bond acceptors (Lipinski definition) is 4. The smallest absolute Gasteiger partial charge is 0.0543 e. The van der Waals surface area contributed by atoms with E-state index in [1.54, 1.807) is 0 Å². The highest BCUT2D eigenvalue weighted by Crippen LogP contribution is 2.40. The van der Waals surface area contributed by atoms with Crippen LogP contribution in [0.1, 0.15) is 37.8 Å². The number of hydrogen-bond donors (Lipinski definition) is 0. The van der Waals surface area contributed by atoms with Gasteiger partial charge in [-0.3, -0.25) is 14.8 Å². The molecule has 3 aliphatic heterocycles. The number of piperidine rings is 1. The average molecular weight is 315 g/mol. The maximum atomic E-state index is 5.54. The summed E-state index contributed by atoms with van der Waals surface area (Å²) in [5, 5.41) is 0. The van der Waals surface area contributed by atoms with Crippen molar-refractivity contribution < 1.29 is 4.74 Å². The minimum Gasteiger partial charge on any atom is -0.381 e. The molecule has 0 unspecified atom stereocenters. The van der Waals surface area contributed by atoms with Crippen molar-refractivity contribution in [2.75, 3.05) is 39.4 Å². The lowest BCUT2D eigenvalue weighted by Gasteiger charge is -2.41. The van der Waals surface area contributed by atoms with Crippen LogP contribution >= 0.6 is 0 Å². The van der Waals surface area contributed by atoms with Crippen molar-refractivity contribution in [1.29, 1.82) is 0 Å². The Morgan fingerprint density at radius 2 is 2.04 bits per heavy atom. The zero-order chi connectivity index (χ0) is 15.5. The van der Waals surface area contributed by atoms with Crippen molar-refractivity contribution in [3.8, 4) is 0 Å². The number of pyridine rings is 1. The Hall–Kier alpha value is -0.970. The largest absolute Gasteiger partial charge is 0.381 e. The van der Waals surface area contributed by atoms with Gasteiger partial charge in [-0.05, 0) is 62.7 Å². The zero-order valence-corrected chi connectivity index (χ0v) is 14.1. The van der Waals surface area contributed by atoms with E-state index in [4.69, 9.17) is 4.74 Å². The fourth-order valence-corrected chi connectivity index (χ4v) is 4.83. The molecular formula is C19H29N3O. The van der Waals surface area contributed by atoms with Gasteiger partial charge in [0, 0.05) is 45.1 Å². The molecule has 0 amide bonds. The summed E-state index contributed by atoms with van der Waals surface area (Å²) in [7, 11) is 0. The number of aromatic nitrogens is 1. The van der Waals surface area contributed by atoms with Crippen LogP contribution in [0.2, 0.25) is 0 Å². The molecule has 1 aromatic rings. The van der Waals surface area contributed by atoms with Gasteiger partial charge in [-0.15, -0.1) is 0 Å². The maximum absolute atomic E-state index is 5.54. The Labute approximate surface area is 139 Å². The summed E-state index contributed by atoms with van der Waals surface area (Å²) in [6.45, 7) is 8.01. The molecule has 1 spiro atoms. The topological polar surface area (TPSA) is 28.6 Å². The summed E-state index contributed by atoms with van der Waals surface area (Å²) >= 11 is 0. The van der Waals surface area contributed by atoms with E-state index in [1.807, 2.05) is 12.3 Å². The fourth-order valence-electron chi connectivity index (χ4n) is 4.83. The Bertz CT molecular complexity index is 503. The maximum Gasteiger partial charge on any atom is 0.0543 e. The van der Waals surface area contributed by atoms with Crippen LogP contribution in [0.5, 0.6) is 0 Å². The van der Waals surface area contributed by atoms with Crippen LogP contribution in [-0.4, -0.2) is 60.2 Å². The molecule has 3 fully saturated rings. The number of likely N-dealkylation sites (tertiary alicyclic amines) is 2. The van der Waals surface area contributed by atoms with Gasteiger partial charge in [0.1, 0.15) is 0 Å². The number of rotatable bonds is 3. The lowest BCUT2D eigenvalue weighted by Crippen LogP contribution is -2.46. The molecule has 4 heterocycles. The van der Waals surface area contributed by atoms with Crippen LogP contribution in [0.4, 0.5) is 0 Å². The first-order valence-corrected chi connectivity index (χ1v) is 9.27. The molecule has 3 saturated heterocycles. The minimum atomic E-state index is 0.533. The van der Waals surface area contributed by atoms with Gasteiger partial charge in [0.15, 0.2) is 0 Å². The van der Waals surface area contributed by atoms with Crippen LogP contribution < -0.4 is 0 Å². The first-order valence-electron chi connectivity index (χ1n) is 9.27. The van der Waals surface area contributed by atoms with Gasteiger partial charge < -0.3 is 4.74 Å². The average Bonchev–Trinajstić information content (AvgIpc) is 3.00. The van der Waals surface area contributed by atoms with Gasteiger partial charge >= 0.3 is 0 Å². The third-order valence-electron chi connectivity index (χ3n) is 6.03. The SMILES string of the molecule is c1ccc(CN2CCC[C@@]3(CCN(C4CCOCC4)C3)C2)nc1. The molecule has 126 valence electrons. The molecule has 0 radical (unpaired) electrons. The quantitative estimate of drug-likeness (QED) is 0.857. The molecule has 23 heavy (non-hydrogen) atoms. The van der Waals surface area contributed by atoms with Crippen LogP contribution in [-0.2, 0) is 11.3 Å². The summed E-state index contributed by atoms with van der Waals surface area (Å²) in [6.07, 6.45) is 8.50. The molecular weight excluding hydrogens is 286 g/mol. The monoisotopic (exact) mass is 315 g/mol. The predicted octanol–water partition coefficient (Wildman–Crippen LogP) is 2.55. The normalized spacial score (nSPS) is 31.0. The molecule has 0 saturated carbocycles. The summed E-state index contributed by atoms with van der Waals surface area (Å²) in [4.78, 5) is 9.92. The van der Waals surface area contributed by atoms with Crippen LogP contribution in [0, 0.1) is 5.41 Å². The van der Waals surface area contributed by atoms with Gasteiger partial charge in [-0.25, -0.2) is 0 Å². The van der Waals surface area contributed by atoms with Crippen molar-refractivity contribution in [3.05, 3.63) is 30.1 Å². The van der Waals surface area contributed by atoms with Crippen molar-refractivity contribution in [1.82, 2.24) is 14.8 Å². The molecule has 4 heteroatoms. The minimum absolute atomic E-state index is 0.533. The van der Waals surface area contributed by atoms with E-state index in [-0.39, 0.29) is 0 Å². The number of nitrogens with zero attached hydrogens (tertiary/aromatic N) is 3. The van der Waals surface area contributed by atoms with Gasteiger partial charge in [-0.1, -0.05) is 6.07 Å². The van der Waals surface area contributed by atoms with E-state index in [2.05, 4.69) is 26.9 Å². The molecule has 1 atom stereocenters. The van der Waals surface area contributed by atoms with Crippen LogP contribution in [0.15, 0.2) is 24.4 Å². The Morgan fingerprint density at radius 1 is 1.13 bits per heavy atom. The Morgan fingerprint density at radius 3 is 2.87 bits per heavy atom. The predicted molar refractivity (Wildman–Crippen MR) is 91.2 cm³/mol. The van der Waals surface area contributed by atoms with Crippen molar-refractivity contribution >= 4 is 0 Å². The zero-order valence-electron chi connectivity index (χ0n) is 14.1. The van der Waals surface area contributed by atoms with E-state index in [1.165, 1.54) is 64.0 Å². The third-order valence-corrected chi connectivity index (χ3v) is 6.03. The molecule has 0 aromatic carbocycles. The molecule has 4 rings (SSSR count). The third kappa shape index (κ3) is 3.59. The highest BCUT2D eigenvalue weighted by atomic mass is 16.5. The highest BCUT2D eigenvalue weighted by Gasteiger charge is 2.43. The first-order chi connectivity index (χ1) is 11.3. The molecule has 0 aliphatic carbocycles. The molecule has 4 nitrogen and oxygen atoms in total. The van der Waals surface area contributed by atoms with Crippen molar-refractivity contribution in [2.24, 2.45) is 5.41 Å². The number of ether oxygens (including phenoxy) is 1. The molecule has 3 aliphatic rings. The van der Waals surface area contributed by atoms with Crippen molar-refractivity contribution in [3.63, 3.8) is 0 Å². The highest BCUT2D eigenvalue weighted by molar-refractivity contribution is 5.04. The van der Waals surface area contributed by atoms with E-state index >= 15 is 0 Å². The summed E-state index contributed by atoms with van der Waals surface area (Å²) < 4.78 is 5.54. The van der Waals surface area contributed by atoms with Gasteiger partial charge in [0.05, 0.1) is 5.69 Å². The fraction of sp³-hybridized carbons (Fsp3) is 0.737. The van der Waals surface area contributed by atoms with E-state index in [0.717, 1.165) is 25.8 Å². The summed E-state index contributed by atoms with van der Waals surface area (Å²) in [5.41, 5.74) is 1.74. The standard InChI is InChI=1S/C19H29N3O/c1-2-9-20-17(4-1)14-21-10-3-7-19(15-21)8-11-22(16-19)18-5-12-23-13-6-18/h1-2,4,9,18H,3,5-8,10-16H2/t19-/m1/s1. The Kier molecular flexibility index (Phi) is 4.65. The first kappa shape index (κ1) is 15.6. The van der Waals surface area contributed by atoms with Crippen LogP contribution in [0.25, 0.3) is 0 Å². The lowest BCUT2D eigenvalue weighted by atomic mass is 9.79.